The van der Waals surface area contributed by atoms with E-state index in [1.54, 1.807) is 45.0 Å². The van der Waals surface area contributed by atoms with Crippen molar-refractivity contribution in [1.82, 2.24) is 20.9 Å². The summed E-state index contributed by atoms with van der Waals surface area (Å²) in [5.41, 5.74) is -0.0376. The van der Waals surface area contributed by atoms with Gasteiger partial charge in [-0.1, -0.05) is 29.8 Å². The summed E-state index contributed by atoms with van der Waals surface area (Å²) in [5.74, 6) is -2.39. The van der Waals surface area contributed by atoms with Gasteiger partial charge in [0.05, 0.1) is 0 Å². The number of likely N-dealkylation sites (tertiary alicyclic amines) is 1. The molecule has 1 aliphatic heterocycles. The first-order valence-electron chi connectivity index (χ1n) is 13.3. The fraction of sp³-hybridized carbons (Fsp3) is 0.593. The molecule has 1 fully saturated rings. The standard InChI is InChI=1S/C27H39ClN4O8/c1-17(30-23(34)21-13-9-15-32(21)26(38)40-27(2,3)4)22(33)31-20(24(35)36)12-7-8-14-29-25(37)39-16-18-10-5-6-11-19(18)28/h5-6,10-11,17,20-21H,7-9,12-16H2,1-4H3,(H,29,37)(H,30,34)(H,31,33)(H,35,36)/t17-,20-,21-/m0/s1. The topological polar surface area (TPSA) is 163 Å². The van der Waals surface area contributed by atoms with E-state index in [1.807, 2.05) is 0 Å². The summed E-state index contributed by atoms with van der Waals surface area (Å²) in [6, 6.07) is 4.02. The van der Waals surface area contributed by atoms with Crippen molar-refractivity contribution in [1.29, 1.82) is 0 Å². The van der Waals surface area contributed by atoms with Crippen LogP contribution in [0, 0.1) is 0 Å². The number of halogens is 1. The molecule has 2 rings (SSSR count). The predicted molar refractivity (Wildman–Crippen MR) is 147 cm³/mol. The molecular weight excluding hydrogens is 544 g/mol. The number of hydrogen-bond acceptors (Lipinski definition) is 7. The van der Waals surface area contributed by atoms with Crippen LogP contribution in [-0.4, -0.2) is 76.8 Å². The molecule has 13 heteroatoms. The second-order valence-corrected chi connectivity index (χ2v) is 11.0. The van der Waals surface area contributed by atoms with Crippen molar-refractivity contribution in [3.63, 3.8) is 0 Å². The number of carboxylic acids is 1. The molecule has 1 saturated heterocycles. The van der Waals surface area contributed by atoms with Crippen LogP contribution in [0.3, 0.4) is 0 Å². The Bertz CT molecular complexity index is 1060. The molecule has 1 aromatic carbocycles. The van der Waals surface area contributed by atoms with Crippen LogP contribution >= 0.6 is 11.6 Å². The predicted octanol–water partition coefficient (Wildman–Crippen LogP) is 3.21. The zero-order chi connectivity index (χ0) is 29.9. The summed E-state index contributed by atoms with van der Waals surface area (Å²) in [7, 11) is 0. The van der Waals surface area contributed by atoms with Gasteiger partial charge in [-0.15, -0.1) is 0 Å². The number of nitrogens with one attached hydrogen (secondary N) is 3. The number of carbonyl (C=O) groups excluding carboxylic acids is 4. The lowest BCUT2D eigenvalue weighted by atomic mass is 10.1. The van der Waals surface area contributed by atoms with E-state index in [1.165, 1.54) is 11.8 Å². The number of benzene rings is 1. The van der Waals surface area contributed by atoms with Gasteiger partial charge in [-0.05, 0) is 65.9 Å². The third kappa shape index (κ3) is 10.9. The van der Waals surface area contributed by atoms with Gasteiger partial charge >= 0.3 is 18.2 Å². The first-order valence-corrected chi connectivity index (χ1v) is 13.6. The van der Waals surface area contributed by atoms with E-state index < -0.39 is 53.7 Å². The number of ether oxygens (including phenoxy) is 2. The number of carboxylic acid groups (broad SMARTS) is 1. The number of carbonyl (C=O) groups is 5. The van der Waals surface area contributed by atoms with Crippen LogP contribution in [0.2, 0.25) is 5.02 Å². The Kier molecular flexibility index (Phi) is 12.5. The maximum Gasteiger partial charge on any atom is 0.410 e. The molecule has 0 aromatic heterocycles. The Hall–Kier alpha value is -3.54. The van der Waals surface area contributed by atoms with Crippen molar-refractivity contribution in [2.45, 2.75) is 90.1 Å². The van der Waals surface area contributed by atoms with Crippen LogP contribution in [0.4, 0.5) is 9.59 Å². The lowest BCUT2D eigenvalue weighted by Gasteiger charge is -2.28. The van der Waals surface area contributed by atoms with Gasteiger partial charge in [-0.3, -0.25) is 14.5 Å². The molecule has 3 atom stereocenters. The van der Waals surface area contributed by atoms with Crippen LogP contribution in [0.15, 0.2) is 24.3 Å². The fourth-order valence-corrected chi connectivity index (χ4v) is 4.17. The minimum Gasteiger partial charge on any atom is -0.480 e. The highest BCUT2D eigenvalue weighted by atomic mass is 35.5. The zero-order valence-corrected chi connectivity index (χ0v) is 24.1. The van der Waals surface area contributed by atoms with Gasteiger partial charge in [0.25, 0.3) is 0 Å². The minimum absolute atomic E-state index is 0.0210. The van der Waals surface area contributed by atoms with Gasteiger partial charge < -0.3 is 30.5 Å². The summed E-state index contributed by atoms with van der Waals surface area (Å²) in [5, 5.41) is 17.6. The average Bonchev–Trinajstić information content (AvgIpc) is 3.36. The van der Waals surface area contributed by atoms with E-state index in [4.69, 9.17) is 21.1 Å². The molecule has 0 bridgehead atoms. The maximum absolute atomic E-state index is 12.8. The van der Waals surface area contributed by atoms with Crippen molar-refractivity contribution in [2.24, 2.45) is 0 Å². The molecule has 1 aromatic rings. The quantitative estimate of drug-likeness (QED) is 0.273. The van der Waals surface area contributed by atoms with Gasteiger partial charge in [-0.2, -0.15) is 0 Å². The first kappa shape index (κ1) is 32.7. The molecule has 222 valence electrons. The van der Waals surface area contributed by atoms with Crippen molar-refractivity contribution < 1.29 is 38.6 Å². The van der Waals surface area contributed by atoms with E-state index in [0.29, 0.717) is 42.8 Å². The summed E-state index contributed by atoms with van der Waals surface area (Å²) in [6.07, 6.45) is 0.792. The minimum atomic E-state index is -1.22. The lowest BCUT2D eigenvalue weighted by Crippen LogP contribution is -2.54. The van der Waals surface area contributed by atoms with Crippen LogP contribution in [0.5, 0.6) is 0 Å². The molecule has 0 radical (unpaired) electrons. The number of hydrogen-bond donors (Lipinski definition) is 4. The van der Waals surface area contributed by atoms with Crippen LogP contribution in [-0.2, 0) is 30.5 Å². The molecule has 0 unspecified atom stereocenters. The molecule has 0 saturated carbocycles. The number of aliphatic carboxylic acids is 1. The van der Waals surface area contributed by atoms with Gasteiger partial charge in [0, 0.05) is 23.7 Å². The van der Waals surface area contributed by atoms with E-state index >= 15 is 0 Å². The molecule has 4 amide bonds. The van der Waals surface area contributed by atoms with Crippen molar-refractivity contribution in [2.75, 3.05) is 13.1 Å². The highest BCUT2D eigenvalue weighted by molar-refractivity contribution is 6.31. The lowest BCUT2D eigenvalue weighted by molar-refractivity contribution is -0.142. The average molecular weight is 583 g/mol. The van der Waals surface area contributed by atoms with Gasteiger partial charge in [-0.25, -0.2) is 14.4 Å². The third-order valence-corrected chi connectivity index (χ3v) is 6.42. The SMILES string of the molecule is C[C@H](NC(=O)[C@@H]1CCCN1C(=O)OC(C)(C)C)C(=O)N[C@@H](CCCCNC(=O)OCc1ccccc1Cl)C(=O)O. The molecule has 1 heterocycles. The number of alkyl carbamates (subject to hydrolysis) is 1. The summed E-state index contributed by atoms with van der Waals surface area (Å²) in [6.45, 7) is 7.28. The normalized spacial score (nSPS) is 16.4. The number of nitrogens with zero attached hydrogens (tertiary/aromatic N) is 1. The zero-order valence-electron chi connectivity index (χ0n) is 23.3. The number of rotatable bonds is 12. The summed E-state index contributed by atoms with van der Waals surface area (Å²) >= 11 is 6.03. The first-order chi connectivity index (χ1) is 18.8. The van der Waals surface area contributed by atoms with Crippen LogP contribution in [0.25, 0.3) is 0 Å². The molecule has 4 N–H and O–H groups in total. The van der Waals surface area contributed by atoms with Crippen molar-refractivity contribution in [3.05, 3.63) is 34.9 Å². The second kappa shape index (κ2) is 15.3. The molecule has 1 aliphatic rings. The summed E-state index contributed by atoms with van der Waals surface area (Å²) in [4.78, 5) is 62.8. The van der Waals surface area contributed by atoms with Gasteiger partial charge in [0.15, 0.2) is 0 Å². The van der Waals surface area contributed by atoms with Gasteiger partial charge in [0.1, 0.15) is 30.3 Å². The van der Waals surface area contributed by atoms with E-state index in [9.17, 15) is 29.1 Å². The van der Waals surface area contributed by atoms with Crippen LogP contribution < -0.4 is 16.0 Å². The van der Waals surface area contributed by atoms with E-state index in [2.05, 4.69) is 16.0 Å². The summed E-state index contributed by atoms with van der Waals surface area (Å²) < 4.78 is 10.5. The highest BCUT2D eigenvalue weighted by Crippen LogP contribution is 2.21. The van der Waals surface area contributed by atoms with Crippen molar-refractivity contribution in [3.8, 4) is 0 Å². The monoisotopic (exact) mass is 582 g/mol. The number of amides is 4. The smallest absolute Gasteiger partial charge is 0.410 e. The molecule has 40 heavy (non-hydrogen) atoms. The molecule has 0 spiro atoms. The third-order valence-electron chi connectivity index (χ3n) is 6.06. The Balaban J connectivity index is 1.73. The van der Waals surface area contributed by atoms with E-state index in [-0.39, 0.29) is 19.6 Å². The Labute approximate surface area is 239 Å². The Morgan fingerprint density at radius 1 is 1.12 bits per heavy atom. The van der Waals surface area contributed by atoms with E-state index in [0.717, 1.165) is 0 Å². The fourth-order valence-electron chi connectivity index (χ4n) is 3.98. The van der Waals surface area contributed by atoms with Gasteiger partial charge in [0.2, 0.25) is 11.8 Å². The molecule has 0 aliphatic carbocycles. The van der Waals surface area contributed by atoms with Crippen LogP contribution in [0.1, 0.15) is 65.4 Å². The largest absolute Gasteiger partial charge is 0.480 e. The maximum atomic E-state index is 12.8. The molecule has 12 nitrogen and oxygen atoms in total. The van der Waals surface area contributed by atoms with Crippen molar-refractivity contribution >= 4 is 41.6 Å². The highest BCUT2D eigenvalue weighted by Gasteiger charge is 2.37. The second-order valence-electron chi connectivity index (χ2n) is 10.6. The number of unbranched alkanes of at least 4 members (excludes halogenated alkanes) is 1. The molecular formula is C27H39ClN4O8. The Morgan fingerprint density at radius 3 is 2.48 bits per heavy atom. The Morgan fingerprint density at radius 2 is 1.82 bits per heavy atom.